The summed E-state index contributed by atoms with van der Waals surface area (Å²) in [6.45, 7) is 5.76. The van der Waals surface area contributed by atoms with E-state index in [1.54, 1.807) is 20.9 Å². The number of esters is 1. The maximum atomic E-state index is 11.4. The van der Waals surface area contributed by atoms with Gasteiger partial charge in [0, 0.05) is 35.6 Å². The first-order valence-electron chi connectivity index (χ1n) is 7.14. The molecule has 23 heavy (non-hydrogen) atoms. The van der Waals surface area contributed by atoms with E-state index in [4.69, 9.17) is 4.74 Å². The molecule has 0 bridgehead atoms. The van der Waals surface area contributed by atoms with Crippen LogP contribution in [0.3, 0.4) is 0 Å². The van der Waals surface area contributed by atoms with Crippen LogP contribution in [-0.4, -0.2) is 25.9 Å². The number of nitrogens with zero attached hydrogens (tertiary/aromatic N) is 1. The van der Waals surface area contributed by atoms with Gasteiger partial charge < -0.3 is 19.2 Å². The molecule has 1 unspecified atom stereocenters. The molecule has 3 rings (SSSR count). The Morgan fingerprint density at radius 1 is 1.52 bits per heavy atom. The molecule has 0 spiro atoms. The number of ether oxygens (including phenoxy) is 1. The van der Waals surface area contributed by atoms with E-state index in [0.717, 1.165) is 13.1 Å². The van der Waals surface area contributed by atoms with Gasteiger partial charge in [0.05, 0.1) is 6.61 Å². The SMILES string of the molecule is CCOC(=O)c1cc(S(=O)[O-])c(C)n1C.c1cc2c(s1)CNC2. The summed E-state index contributed by atoms with van der Waals surface area (Å²) in [6.07, 6.45) is 0. The zero-order chi connectivity index (χ0) is 17.0. The minimum atomic E-state index is -2.33. The van der Waals surface area contributed by atoms with Gasteiger partial charge in [-0.15, -0.1) is 11.3 Å². The van der Waals surface area contributed by atoms with Gasteiger partial charge in [0.1, 0.15) is 5.69 Å². The number of hydrogen-bond acceptors (Lipinski definition) is 6. The van der Waals surface area contributed by atoms with Crippen molar-refractivity contribution in [1.82, 2.24) is 9.88 Å². The van der Waals surface area contributed by atoms with Crippen molar-refractivity contribution in [1.29, 1.82) is 0 Å². The van der Waals surface area contributed by atoms with Gasteiger partial charge in [-0.1, -0.05) is 0 Å². The minimum absolute atomic E-state index is 0.126. The van der Waals surface area contributed by atoms with Crippen LogP contribution in [-0.2, 0) is 36.0 Å². The van der Waals surface area contributed by atoms with Crippen molar-refractivity contribution in [3.63, 3.8) is 0 Å². The third kappa shape index (κ3) is 4.08. The zero-order valence-electron chi connectivity index (χ0n) is 13.3. The summed E-state index contributed by atoms with van der Waals surface area (Å²) < 4.78 is 27.9. The second kappa shape index (κ2) is 7.87. The smallest absolute Gasteiger partial charge is 0.354 e. The van der Waals surface area contributed by atoms with Gasteiger partial charge >= 0.3 is 5.97 Å². The number of thiophene rings is 1. The average Bonchev–Trinajstić information content (AvgIpc) is 3.16. The minimum Gasteiger partial charge on any atom is -0.768 e. The predicted molar refractivity (Wildman–Crippen MR) is 88.2 cm³/mol. The molecule has 0 saturated carbocycles. The van der Waals surface area contributed by atoms with Crippen molar-refractivity contribution in [2.24, 2.45) is 7.05 Å². The first kappa shape index (κ1) is 17.9. The van der Waals surface area contributed by atoms with Crippen LogP contribution in [0.25, 0.3) is 0 Å². The number of fused-ring (bicyclic) bond motifs is 1. The van der Waals surface area contributed by atoms with Crippen LogP contribution < -0.4 is 5.32 Å². The molecule has 2 aromatic heterocycles. The fourth-order valence-electron chi connectivity index (χ4n) is 2.23. The number of carbonyl (C=O) groups is 1. The number of hydrogen-bond donors (Lipinski definition) is 1. The number of carbonyl (C=O) groups excluding carboxylic acids is 1. The molecular weight excluding hydrogens is 336 g/mol. The predicted octanol–water partition coefficient (Wildman–Crippen LogP) is 2.10. The summed E-state index contributed by atoms with van der Waals surface area (Å²) in [7, 11) is 1.62. The van der Waals surface area contributed by atoms with Crippen molar-refractivity contribution >= 4 is 28.4 Å². The summed E-state index contributed by atoms with van der Waals surface area (Å²) in [4.78, 5) is 13.1. The largest absolute Gasteiger partial charge is 0.768 e. The highest BCUT2D eigenvalue weighted by Gasteiger charge is 2.16. The lowest BCUT2D eigenvalue weighted by atomic mass is 10.3. The molecule has 8 heteroatoms. The Morgan fingerprint density at radius 2 is 2.26 bits per heavy atom. The van der Waals surface area contributed by atoms with Crippen molar-refractivity contribution in [2.75, 3.05) is 6.61 Å². The van der Waals surface area contributed by atoms with Gasteiger partial charge in [-0.25, -0.2) is 4.79 Å². The monoisotopic (exact) mass is 355 g/mol. The molecular formula is C15H19N2O4S2-. The first-order chi connectivity index (χ1) is 11.0. The Hall–Kier alpha value is -1.48. The van der Waals surface area contributed by atoms with Crippen molar-refractivity contribution in [3.8, 4) is 0 Å². The summed E-state index contributed by atoms with van der Waals surface area (Å²) in [6, 6.07) is 3.51. The van der Waals surface area contributed by atoms with Crippen LogP contribution in [0.1, 0.15) is 33.5 Å². The van der Waals surface area contributed by atoms with Gasteiger partial charge in [0.15, 0.2) is 0 Å². The van der Waals surface area contributed by atoms with Gasteiger partial charge in [0.25, 0.3) is 0 Å². The summed E-state index contributed by atoms with van der Waals surface area (Å²) >= 11 is -0.480. The van der Waals surface area contributed by atoms with Crippen molar-refractivity contribution < 1.29 is 18.3 Å². The molecule has 0 saturated heterocycles. The van der Waals surface area contributed by atoms with Crippen LogP contribution in [0.2, 0.25) is 0 Å². The molecule has 3 heterocycles. The van der Waals surface area contributed by atoms with E-state index < -0.39 is 17.0 Å². The Balaban J connectivity index is 0.000000198. The highest BCUT2D eigenvalue weighted by atomic mass is 32.2. The molecule has 1 aliphatic rings. The molecule has 1 atom stereocenters. The van der Waals surface area contributed by atoms with Crippen molar-refractivity contribution in [3.05, 3.63) is 39.3 Å². The van der Waals surface area contributed by atoms with E-state index in [1.807, 2.05) is 11.3 Å². The third-order valence-electron chi connectivity index (χ3n) is 3.59. The molecule has 1 N–H and O–H groups in total. The lowest BCUT2D eigenvalue weighted by Gasteiger charge is -2.05. The van der Waals surface area contributed by atoms with Gasteiger partial charge in [0.2, 0.25) is 0 Å². The molecule has 126 valence electrons. The van der Waals surface area contributed by atoms with E-state index in [1.165, 1.54) is 21.1 Å². The zero-order valence-corrected chi connectivity index (χ0v) is 14.9. The summed E-state index contributed by atoms with van der Waals surface area (Å²) in [5.74, 6) is -0.514. The van der Waals surface area contributed by atoms with E-state index in [2.05, 4.69) is 16.8 Å². The number of rotatable bonds is 3. The lowest BCUT2D eigenvalue weighted by Crippen LogP contribution is -2.10. The Kier molecular flexibility index (Phi) is 6.11. The van der Waals surface area contributed by atoms with E-state index in [-0.39, 0.29) is 17.2 Å². The topological polar surface area (TPSA) is 83.4 Å². The highest BCUT2D eigenvalue weighted by molar-refractivity contribution is 7.79. The fourth-order valence-corrected chi connectivity index (χ4v) is 3.69. The van der Waals surface area contributed by atoms with Gasteiger partial charge in [-0.3, -0.25) is 4.21 Å². The molecule has 1 aliphatic heterocycles. The third-order valence-corrected chi connectivity index (χ3v) is 5.33. The molecule has 0 aliphatic carbocycles. The average molecular weight is 355 g/mol. The van der Waals surface area contributed by atoms with Crippen LogP contribution in [0, 0.1) is 6.92 Å². The van der Waals surface area contributed by atoms with E-state index >= 15 is 0 Å². The quantitative estimate of drug-likeness (QED) is 0.673. The molecule has 2 aromatic rings. The standard InChI is InChI=1S/C9H13NO4S.C6H7NS/c1-4-14-9(11)7-5-8(15(12)13)6(2)10(7)3;1-2-8-6-4-7-3-5(1)6/h5H,4H2,1-3H3,(H,12,13);1-2,7H,3-4H2/p-1. The number of nitrogens with one attached hydrogen (secondary N) is 1. The van der Waals surface area contributed by atoms with Crippen molar-refractivity contribution in [2.45, 2.75) is 31.8 Å². The summed E-state index contributed by atoms with van der Waals surface area (Å²) in [5, 5.41) is 5.44. The van der Waals surface area contributed by atoms with Crippen LogP contribution in [0.5, 0.6) is 0 Å². The molecule has 0 amide bonds. The van der Waals surface area contributed by atoms with E-state index in [0.29, 0.717) is 5.69 Å². The Bertz CT molecular complexity index is 703. The molecule has 6 nitrogen and oxygen atoms in total. The second-order valence-corrected chi connectivity index (χ2v) is 6.88. The molecule has 0 fully saturated rings. The Morgan fingerprint density at radius 3 is 2.83 bits per heavy atom. The highest BCUT2D eigenvalue weighted by Crippen LogP contribution is 2.20. The van der Waals surface area contributed by atoms with Gasteiger partial charge in [-0.05, 0) is 48.0 Å². The maximum Gasteiger partial charge on any atom is 0.354 e. The summed E-state index contributed by atoms with van der Waals surface area (Å²) in [5.41, 5.74) is 2.26. The lowest BCUT2D eigenvalue weighted by molar-refractivity contribution is 0.0515. The molecule has 0 aromatic carbocycles. The van der Waals surface area contributed by atoms with Gasteiger partial charge in [-0.2, -0.15) is 0 Å². The van der Waals surface area contributed by atoms with Crippen LogP contribution >= 0.6 is 11.3 Å². The van der Waals surface area contributed by atoms with Crippen LogP contribution in [0.4, 0.5) is 0 Å². The normalized spacial score (nSPS) is 13.9. The first-order valence-corrected chi connectivity index (χ1v) is 9.09. The van der Waals surface area contributed by atoms with E-state index in [9.17, 15) is 13.6 Å². The second-order valence-electron chi connectivity index (χ2n) is 4.97. The fraction of sp³-hybridized carbons (Fsp3) is 0.400. The van der Waals surface area contributed by atoms with Crippen LogP contribution in [0.15, 0.2) is 22.4 Å². The maximum absolute atomic E-state index is 11.4. The Labute approximate surface area is 141 Å². The number of aromatic nitrogens is 1. The molecule has 0 radical (unpaired) electrons.